The Labute approximate surface area is 153 Å². The maximum Gasteiger partial charge on any atom is 0.302 e. The van der Waals surface area contributed by atoms with Gasteiger partial charge in [-0.3, -0.25) is 4.79 Å². The van der Waals surface area contributed by atoms with Crippen molar-refractivity contribution in [1.82, 2.24) is 0 Å². The molecule has 0 saturated carbocycles. The normalized spacial score (nSPS) is 13.4. The van der Waals surface area contributed by atoms with Crippen LogP contribution in [0.3, 0.4) is 0 Å². The molecule has 0 rings (SSSR count). The first-order valence-corrected chi connectivity index (χ1v) is 9.97. The maximum atomic E-state index is 11.2. The SMILES string of the molecule is CCCCCC(CCCC(CO)CCCCCCC(=O)[O-])OC(C)=O. The number of carbonyl (C=O) groups excluding carboxylic acids is 2. The van der Waals surface area contributed by atoms with Gasteiger partial charge in [-0.25, -0.2) is 0 Å². The van der Waals surface area contributed by atoms with Crippen molar-refractivity contribution in [3.8, 4) is 0 Å². The van der Waals surface area contributed by atoms with Crippen LogP contribution >= 0.6 is 0 Å². The molecule has 0 aliphatic carbocycles. The van der Waals surface area contributed by atoms with Crippen LogP contribution in [0.25, 0.3) is 0 Å². The van der Waals surface area contributed by atoms with Gasteiger partial charge in [-0.1, -0.05) is 39.0 Å². The number of esters is 1. The van der Waals surface area contributed by atoms with Gasteiger partial charge in [-0.15, -0.1) is 0 Å². The van der Waals surface area contributed by atoms with E-state index in [1.165, 1.54) is 6.92 Å². The first-order valence-electron chi connectivity index (χ1n) is 9.97. The predicted molar refractivity (Wildman–Crippen MR) is 96.8 cm³/mol. The standard InChI is InChI=1S/C20H38O5/c1-3-4-7-13-19(25-17(2)22)14-10-12-18(16-21)11-8-5-6-9-15-20(23)24/h18-19,21H,3-16H2,1-2H3,(H,23,24)/p-1. The first-order chi connectivity index (χ1) is 12.0. The van der Waals surface area contributed by atoms with Crippen molar-refractivity contribution in [1.29, 1.82) is 0 Å². The van der Waals surface area contributed by atoms with Crippen LogP contribution in [0.15, 0.2) is 0 Å². The number of carboxylic acid groups (broad SMARTS) is 1. The Morgan fingerprint density at radius 1 is 0.920 bits per heavy atom. The molecule has 0 aliphatic heterocycles. The van der Waals surface area contributed by atoms with Crippen LogP contribution in [0.5, 0.6) is 0 Å². The molecular weight excluding hydrogens is 320 g/mol. The summed E-state index contributed by atoms with van der Waals surface area (Å²) >= 11 is 0. The van der Waals surface area contributed by atoms with Gasteiger partial charge in [0.2, 0.25) is 0 Å². The van der Waals surface area contributed by atoms with E-state index in [9.17, 15) is 19.8 Å². The summed E-state index contributed by atoms with van der Waals surface area (Å²) in [6.45, 7) is 3.81. The molecule has 5 heteroatoms. The number of hydrogen-bond donors (Lipinski definition) is 1. The molecule has 0 aromatic heterocycles. The number of carbonyl (C=O) groups is 2. The zero-order valence-corrected chi connectivity index (χ0v) is 16.1. The average molecular weight is 358 g/mol. The van der Waals surface area contributed by atoms with Crippen molar-refractivity contribution in [2.24, 2.45) is 5.92 Å². The zero-order valence-electron chi connectivity index (χ0n) is 16.1. The smallest absolute Gasteiger partial charge is 0.302 e. The lowest BCUT2D eigenvalue weighted by molar-refractivity contribution is -0.305. The van der Waals surface area contributed by atoms with Crippen LogP contribution in [0.4, 0.5) is 0 Å². The molecule has 0 saturated heterocycles. The minimum absolute atomic E-state index is 0.00743. The number of unbranched alkanes of at least 4 members (excludes halogenated alkanes) is 5. The summed E-state index contributed by atoms with van der Waals surface area (Å²) in [7, 11) is 0. The number of carboxylic acids is 1. The number of rotatable bonds is 17. The molecule has 0 fully saturated rings. The van der Waals surface area contributed by atoms with Crippen LogP contribution in [-0.2, 0) is 14.3 Å². The second-order valence-corrected chi connectivity index (χ2v) is 7.03. The number of aliphatic hydroxyl groups excluding tert-OH is 1. The number of ether oxygens (including phenoxy) is 1. The molecule has 2 atom stereocenters. The van der Waals surface area contributed by atoms with E-state index in [2.05, 4.69) is 6.92 Å². The lowest BCUT2D eigenvalue weighted by atomic mass is 9.94. The lowest BCUT2D eigenvalue weighted by Gasteiger charge is -2.19. The Balaban J connectivity index is 3.88. The van der Waals surface area contributed by atoms with Gasteiger partial charge in [0.05, 0.1) is 0 Å². The molecule has 1 N–H and O–H groups in total. The summed E-state index contributed by atoms with van der Waals surface area (Å²) in [6.07, 6.45) is 11.8. The van der Waals surface area contributed by atoms with Gasteiger partial charge in [-0.2, -0.15) is 0 Å². The van der Waals surface area contributed by atoms with E-state index in [0.29, 0.717) is 6.42 Å². The van der Waals surface area contributed by atoms with E-state index in [1.54, 1.807) is 0 Å². The van der Waals surface area contributed by atoms with Crippen LogP contribution in [0, 0.1) is 5.92 Å². The highest BCUT2D eigenvalue weighted by Gasteiger charge is 2.14. The van der Waals surface area contributed by atoms with Gasteiger partial charge < -0.3 is 19.7 Å². The highest BCUT2D eigenvalue weighted by atomic mass is 16.5. The quantitative estimate of drug-likeness (QED) is 0.318. The van der Waals surface area contributed by atoms with Crippen LogP contribution < -0.4 is 5.11 Å². The fourth-order valence-corrected chi connectivity index (χ4v) is 3.14. The third-order valence-corrected chi connectivity index (χ3v) is 4.60. The highest BCUT2D eigenvalue weighted by Crippen LogP contribution is 2.20. The van der Waals surface area contributed by atoms with Crippen LogP contribution in [-0.4, -0.2) is 29.8 Å². The van der Waals surface area contributed by atoms with Crippen molar-refractivity contribution in [2.45, 2.75) is 103 Å². The van der Waals surface area contributed by atoms with Crippen molar-refractivity contribution in [2.75, 3.05) is 6.61 Å². The topological polar surface area (TPSA) is 86.7 Å². The molecule has 0 amide bonds. The summed E-state index contributed by atoms with van der Waals surface area (Å²) in [5, 5.41) is 19.8. The molecule has 0 bridgehead atoms. The molecule has 0 heterocycles. The number of aliphatic hydroxyl groups is 1. The molecule has 5 nitrogen and oxygen atoms in total. The van der Waals surface area contributed by atoms with Gasteiger partial charge in [-0.05, 0) is 57.3 Å². The number of hydrogen-bond acceptors (Lipinski definition) is 5. The third-order valence-electron chi connectivity index (χ3n) is 4.60. The first kappa shape index (κ1) is 23.9. The second kappa shape index (κ2) is 16.4. The van der Waals surface area contributed by atoms with Crippen LogP contribution in [0.1, 0.15) is 97.3 Å². The van der Waals surface area contributed by atoms with Gasteiger partial charge in [0.15, 0.2) is 0 Å². The Bertz CT molecular complexity index is 343. The Kier molecular flexibility index (Phi) is 15.7. The van der Waals surface area contributed by atoms with Gasteiger partial charge in [0, 0.05) is 19.5 Å². The summed E-state index contributed by atoms with van der Waals surface area (Å²) in [4.78, 5) is 21.5. The molecule has 2 unspecified atom stereocenters. The molecule has 0 radical (unpaired) electrons. The largest absolute Gasteiger partial charge is 0.550 e. The second-order valence-electron chi connectivity index (χ2n) is 7.03. The summed E-state index contributed by atoms with van der Waals surface area (Å²) < 4.78 is 5.40. The van der Waals surface area contributed by atoms with E-state index in [1.807, 2.05) is 0 Å². The minimum Gasteiger partial charge on any atom is -0.550 e. The van der Waals surface area contributed by atoms with Gasteiger partial charge >= 0.3 is 5.97 Å². The summed E-state index contributed by atoms with van der Waals surface area (Å²) in [5.74, 6) is -0.902. The third kappa shape index (κ3) is 16.1. The molecule has 0 aromatic carbocycles. The van der Waals surface area contributed by atoms with E-state index >= 15 is 0 Å². The number of aliphatic carboxylic acids is 1. The highest BCUT2D eigenvalue weighted by molar-refractivity contribution is 5.66. The molecule has 0 aromatic rings. The molecule has 148 valence electrons. The predicted octanol–water partition coefficient (Wildman–Crippen LogP) is 3.37. The zero-order chi connectivity index (χ0) is 18.9. The Morgan fingerprint density at radius 2 is 1.52 bits per heavy atom. The van der Waals surface area contributed by atoms with E-state index in [4.69, 9.17) is 4.74 Å². The summed E-state index contributed by atoms with van der Waals surface area (Å²) in [5.41, 5.74) is 0. The minimum atomic E-state index is -0.977. The van der Waals surface area contributed by atoms with E-state index in [0.717, 1.165) is 70.6 Å². The Morgan fingerprint density at radius 3 is 2.12 bits per heavy atom. The van der Waals surface area contributed by atoms with Crippen molar-refractivity contribution >= 4 is 11.9 Å². The Hall–Kier alpha value is -1.10. The fraction of sp³-hybridized carbons (Fsp3) is 0.900. The fourth-order valence-electron chi connectivity index (χ4n) is 3.14. The van der Waals surface area contributed by atoms with Crippen molar-refractivity contribution in [3.05, 3.63) is 0 Å². The molecule has 0 aliphatic rings. The molecule has 25 heavy (non-hydrogen) atoms. The van der Waals surface area contributed by atoms with Crippen molar-refractivity contribution < 1.29 is 24.5 Å². The lowest BCUT2D eigenvalue weighted by Crippen LogP contribution is -2.21. The van der Waals surface area contributed by atoms with E-state index in [-0.39, 0.29) is 31.0 Å². The van der Waals surface area contributed by atoms with Crippen LogP contribution in [0.2, 0.25) is 0 Å². The molecule has 0 spiro atoms. The summed E-state index contributed by atoms with van der Waals surface area (Å²) in [6, 6.07) is 0. The van der Waals surface area contributed by atoms with E-state index < -0.39 is 5.97 Å². The average Bonchev–Trinajstić information content (AvgIpc) is 2.55. The van der Waals surface area contributed by atoms with Crippen molar-refractivity contribution in [3.63, 3.8) is 0 Å². The molecular formula is C20H37O5-. The van der Waals surface area contributed by atoms with Gasteiger partial charge in [0.1, 0.15) is 6.10 Å². The maximum absolute atomic E-state index is 11.2. The van der Waals surface area contributed by atoms with Gasteiger partial charge in [0.25, 0.3) is 0 Å². The monoisotopic (exact) mass is 357 g/mol.